The van der Waals surface area contributed by atoms with Crippen molar-refractivity contribution in [3.05, 3.63) is 267 Å². The average Bonchev–Trinajstić information content (AvgIpc) is 4.02. The van der Waals surface area contributed by atoms with Crippen molar-refractivity contribution in [2.45, 2.75) is 13.8 Å². The largest absolute Gasteiger partial charge is 0.310 e. The van der Waals surface area contributed by atoms with Crippen LogP contribution in [0.15, 0.2) is 267 Å². The third-order valence-electron chi connectivity index (χ3n) is 14.3. The van der Waals surface area contributed by atoms with E-state index in [1.807, 2.05) is 25.2 Å². The number of para-hydroxylation sites is 4. The molecule has 73 heavy (non-hydrogen) atoms. The van der Waals surface area contributed by atoms with Gasteiger partial charge in [0.25, 0.3) is 0 Å². The molecule has 0 atom stereocenters. The Hall–Kier alpha value is -9.02. The topological polar surface area (TPSA) is 8.17 Å². The number of fused-ring (bicyclic) bond motifs is 9. The minimum Gasteiger partial charge on any atom is -0.310 e. The van der Waals surface area contributed by atoms with Crippen LogP contribution in [0.5, 0.6) is 0 Å². The Morgan fingerprint density at radius 2 is 0.822 bits per heavy atom. The molecule has 2 aromatic heterocycles. The zero-order valence-corrected chi connectivity index (χ0v) is 41.5. The van der Waals surface area contributed by atoms with Crippen molar-refractivity contribution >= 4 is 91.9 Å². The number of anilines is 3. The maximum absolute atomic E-state index is 2.41. The van der Waals surface area contributed by atoms with Gasteiger partial charge in [0.2, 0.25) is 0 Å². The fourth-order valence-corrected chi connectivity index (χ4v) is 12.2. The molecule has 0 amide bonds. The van der Waals surface area contributed by atoms with Gasteiger partial charge >= 0.3 is 0 Å². The number of hydrogen-bond acceptors (Lipinski definition) is 2. The van der Waals surface area contributed by atoms with Gasteiger partial charge in [-0.2, -0.15) is 0 Å². The van der Waals surface area contributed by atoms with E-state index in [-0.39, 0.29) is 0 Å². The highest BCUT2D eigenvalue weighted by atomic mass is 32.1. The molecule has 2 heterocycles. The van der Waals surface area contributed by atoms with E-state index in [4.69, 9.17) is 0 Å². The Morgan fingerprint density at radius 3 is 1.55 bits per heavy atom. The molecule has 3 heteroatoms. The summed E-state index contributed by atoms with van der Waals surface area (Å²) in [6.07, 6.45) is 0. The first-order chi connectivity index (χ1) is 36.2. The van der Waals surface area contributed by atoms with Crippen molar-refractivity contribution in [3.63, 3.8) is 0 Å². The summed E-state index contributed by atoms with van der Waals surface area (Å²) in [6.45, 7) is 4.00. The molecule has 0 radical (unpaired) electrons. The van der Waals surface area contributed by atoms with Crippen molar-refractivity contribution < 1.29 is 0 Å². The van der Waals surface area contributed by atoms with Crippen LogP contribution in [-0.2, 0) is 0 Å². The lowest BCUT2D eigenvalue weighted by Crippen LogP contribution is -2.10. The van der Waals surface area contributed by atoms with Crippen molar-refractivity contribution in [3.8, 4) is 50.2 Å². The molecule has 0 saturated heterocycles. The summed E-state index contributed by atoms with van der Waals surface area (Å²) in [5.41, 5.74) is 16.4. The molecule has 14 aromatic rings. The highest BCUT2D eigenvalue weighted by Crippen LogP contribution is 2.45. The highest BCUT2D eigenvalue weighted by molar-refractivity contribution is 7.26. The summed E-state index contributed by atoms with van der Waals surface area (Å²) in [5, 5.41) is 10.1. The number of rotatable bonds is 8. The van der Waals surface area contributed by atoms with Crippen LogP contribution in [0.3, 0.4) is 0 Å². The molecule has 0 spiro atoms. The zero-order valence-electron chi connectivity index (χ0n) is 40.7. The first-order valence-electron chi connectivity index (χ1n) is 25.3. The lowest BCUT2D eigenvalue weighted by atomic mass is 9.90. The maximum Gasteiger partial charge on any atom is 0.0541 e. The van der Waals surface area contributed by atoms with Crippen LogP contribution in [0.2, 0.25) is 0 Å². The van der Waals surface area contributed by atoms with Crippen LogP contribution < -0.4 is 4.90 Å². The van der Waals surface area contributed by atoms with E-state index in [0.29, 0.717) is 0 Å². The Kier molecular flexibility index (Phi) is 11.2. The minimum atomic E-state index is 1.09. The highest BCUT2D eigenvalue weighted by Gasteiger charge is 2.19. The lowest BCUT2D eigenvalue weighted by molar-refractivity contribution is 1.18. The summed E-state index contributed by atoms with van der Waals surface area (Å²) in [5.74, 6) is 0. The molecule has 12 aromatic carbocycles. The van der Waals surface area contributed by atoms with Crippen molar-refractivity contribution in [1.82, 2.24) is 4.57 Å². The Bertz CT molecular complexity index is 4300. The summed E-state index contributed by atoms with van der Waals surface area (Å²) in [6, 6.07) is 98.0. The van der Waals surface area contributed by atoms with Crippen molar-refractivity contribution in [2.75, 3.05) is 4.90 Å². The predicted octanol–water partition coefficient (Wildman–Crippen LogP) is 20.6. The molecular weight excluding hydrogens is 901 g/mol. The second-order valence-electron chi connectivity index (χ2n) is 18.5. The molecule has 2 nitrogen and oxygen atoms in total. The first-order valence-corrected chi connectivity index (χ1v) is 26.1. The van der Waals surface area contributed by atoms with Gasteiger partial charge in [0.05, 0.1) is 11.0 Å². The van der Waals surface area contributed by atoms with Gasteiger partial charge < -0.3 is 9.47 Å². The van der Waals surface area contributed by atoms with Crippen molar-refractivity contribution in [1.29, 1.82) is 0 Å². The number of aromatic nitrogens is 1. The molecular formula is C70H50N2S. The predicted molar refractivity (Wildman–Crippen MR) is 316 cm³/mol. The van der Waals surface area contributed by atoms with Gasteiger partial charge in [-0.05, 0) is 163 Å². The molecule has 14 rings (SSSR count). The third kappa shape index (κ3) is 7.83. The fourth-order valence-electron chi connectivity index (χ4n) is 10.9. The van der Waals surface area contributed by atoms with Crippen LogP contribution in [-0.4, -0.2) is 4.57 Å². The second kappa shape index (κ2) is 18.6. The number of hydrogen-bond donors (Lipinski definition) is 0. The van der Waals surface area contributed by atoms with Gasteiger partial charge in [-0.25, -0.2) is 0 Å². The van der Waals surface area contributed by atoms with E-state index in [2.05, 4.69) is 276 Å². The van der Waals surface area contributed by atoms with Gasteiger partial charge in [0.1, 0.15) is 0 Å². The molecule has 0 aliphatic carbocycles. The Labute approximate surface area is 429 Å². The molecule has 346 valence electrons. The Morgan fingerprint density at radius 1 is 0.301 bits per heavy atom. The molecule has 0 bridgehead atoms. The number of nitrogens with zero attached hydrogens (tertiary/aromatic N) is 2. The van der Waals surface area contributed by atoms with E-state index in [1.165, 1.54) is 103 Å². The Balaban J connectivity index is 0.00000255. The summed E-state index contributed by atoms with van der Waals surface area (Å²) < 4.78 is 5.03. The van der Waals surface area contributed by atoms with Gasteiger partial charge in [0.15, 0.2) is 0 Å². The quantitative estimate of drug-likeness (QED) is 0.147. The number of thiophene rings is 1. The molecule has 0 aliphatic heterocycles. The zero-order chi connectivity index (χ0) is 48.8. The van der Waals surface area contributed by atoms with E-state index >= 15 is 0 Å². The smallest absolute Gasteiger partial charge is 0.0541 e. The van der Waals surface area contributed by atoms with Gasteiger partial charge in [-0.15, -0.1) is 11.3 Å². The van der Waals surface area contributed by atoms with E-state index in [1.54, 1.807) is 0 Å². The summed E-state index contributed by atoms with van der Waals surface area (Å²) in [7, 11) is 0. The fraction of sp³-hybridized carbons (Fsp3) is 0.0286. The average molecular weight is 951 g/mol. The van der Waals surface area contributed by atoms with Gasteiger partial charge in [-0.3, -0.25) is 0 Å². The van der Waals surface area contributed by atoms with Crippen molar-refractivity contribution in [2.24, 2.45) is 0 Å². The van der Waals surface area contributed by atoms with Crippen LogP contribution in [0.4, 0.5) is 17.1 Å². The lowest BCUT2D eigenvalue weighted by Gasteiger charge is -2.27. The minimum absolute atomic E-state index is 1.09. The molecule has 0 aliphatic rings. The standard InChI is InChI=1S/C68H44N2S.C2H6/c1-4-17-54(18-5-1)69(55-19-6-2-7-20-55)57-41-52(40-53(42-57)59-24-13-12-23-58(59)51-34-37-67-64(44-51)62-35-32-45-16-10-11-25-60(45)68(62)71-67)49-31-30-46-38-48(29-28-47(46)39-49)50-33-36-66-63(43-50)61-26-14-15-27-65(61)70(66)56-21-8-3-9-22-56;1-2/h1-44H;1-2H3. The van der Waals surface area contributed by atoms with E-state index in [0.717, 1.165) is 28.2 Å². The SMILES string of the molecule is CC.c1ccc(N(c2ccccc2)c2cc(-c3ccc4cc(-c5ccc6c(c5)c5ccccc5n6-c5ccccc5)ccc4c3)cc(-c3ccccc3-c3ccc4sc5c6ccccc6ccc5c4c3)c2)cc1. The monoisotopic (exact) mass is 950 g/mol. The summed E-state index contributed by atoms with van der Waals surface area (Å²) >= 11 is 1.89. The van der Waals surface area contributed by atoms with Gasteiger partial charge in [-0.1, -0.05) is 184 Å². The normalized spacial score (nSPS) is 11.4. The molecule has 0 N–H and O–H groups in total. The third-order valence-corrected chi connectivity index (χ3v) is 15.5. The molecule has 0 unspecified atom stereocenters. The maximum atomic E-state index is 2.41. The van der Waals surface area contributed by atoms with Crippen LogP contribution in [0, 0.1) is 0 Å². The first kappa shape index (κ1) is 44.0. The van der Waals surface area contributed by atoms with Crippen LogP contribution >= 0.6 is 11.3 Å². The van der Waals surface area contributed by atoms with Gasteiger partial charge in [0, 0.05) is 53.7 Å². The van der Waals surface area contributed by atoms with E-state index < -0.39 is 0 Å². The summed E-state index contributed by atoms with van der Waals surface area (Å²) in [4.78, 5) is 2.38. The van der Waals surface area contributed by atoms with E-state index in [9.17, 15) is 0 Å². The molecule has 0 fully saturated rings. The number of benzene rings is 12. The van der Waals surface area contributed by atoms with Crippen LogP contribution in [0.1, 0.15) is 13.8 Å². The molecule has 0 saturated carbocycles. The second-order valence-corrected chi connectivity index (χ2v) is 19.5. The van der Waals surface area contributed by atoms with Crippen LogP contribution in [0.25, 0.3) is 114 Å².